The minimum absolute atomic E-state index is 0.137. The van der Waals surface area contributed by atoms with E-state index in [1.807, 2.05) is 67.6 Å². The van der Waals surface area contributed by atoms with Gasteiger partial charge in [-0.1, -0.05) is 80.1 Å². The Labute approximate surface area is 167 Å². The zero-order valence-corrected chi connectivity index (χ0v) is 17.2. The van der Waals surface area contributed by atoms with E-state index in [-0.39, 0.29) is 17.9 Å². The van der Waals surface area contributed by atoms with Crippen LogP contribution in [0.5, 0.6) is 0 Å². The lowest BCUT2D eigenvalue weighted by molar-refractivity contribution is 0.385. The van der Waals surface area contributed by atoms with Crippen LogP contribution in [0.4, 0.5) is 5.69 Å². The molecule has 3 aromatic rings. The van der Waals surface area contributed by atoms with Gasteiger partial charge in [0.2, 0.25) is 0 Å². The van der Waals surface area contributed by atoms with Gasteiger partial charge < -0.3 is 0 Å². The Morgan fingerprint density at radius 1 is 0.786 bits per heavy atom. The average molecular weight is 392 g/mol. The highest BCUT2D eigenvalue weighted by Crippen LogP contribution is 2.50. The minimum atomic E-state index is -3.71. The van der Waals surface area contributed by atoms with Crippen molar-refractivity contribution in [1.29, 1.82) is 0 Å². The zero-order valence-electron chi connectivity index (χ0n) is 16.4. The fourth-order valence-electron chi connectivity index (χ4n) is 4.19. The van der Waals surface area contributed by atoms with Gasteiger partial charge in [-0.2, -0.15) is 0 Å². The van der Waals surface area contributed by atoms with Gasteiger partial charge in [0.15, 0.2) is 0 Å². The number of benzene rings is 3. The van der Waals surface area contributed by atoms with E-state index in [4.69, 9.17) is 0 Å². The molecule has 0 unspecified atom stereocenters. The molecule has 28 heavy (non-hydrogen) atoms. The van der Waals surface area contributed by atoms with Gasteiger partial charge in [0.25, 0.3) is 10.0 Å². The van der Waals surface area contributed by atoms with Crippen LogP contribution in [0, 0.1) is 12.8 Å². The number of hydrogen-bond acceptors (Lipinski definition) is 2. The summed E-state index contributed by atoms with van der Waals surface area (Å²) in [6.45, 7) is 6.30. The number of sulfonamides is 1. The number of fused-ring (bicyclic) bond motifs is 1. The van der Waals surface area contributed by atoms with Crippen molar-refractivity contribution < 1.29 is 8.42 Å². The largest absolute Gasteiger partial charge is 0.264 e. The van der Waals surface area contributed by atoms with E-state index < -0.39 is 10.0 Å². The van der Waals surface area contributed by atoms with Crippen molar-refractivity contribution >= 4 is 15.7 Å². The molecule has 3 nitrogen and oxygen atoms in total. The third kappa shape index (κ3) is 3.02. The standard InChI is InChI=1S/C24H25NO2S/c1-17-13-15-21(16-14-17)28(26,27)25-23-12-8-7-11-22(23)18(2)19(3)24(25)20-9-5-4-6-10-20/h4-16,18-19,24H,1-3H3/t18-,19-,24-/m0/s1. The van der Waals surface area contributed by atoms with Crippen LogP contribution >= 0.6 is 0 Å². The van der Waals surface area contributed by atoms with Crippen molar-refractivity contribution in [3.05, 3.63) is 95.6 Å². The predicted molar refractivity (Wildman–Crippen MR) is 114 cm³/mol. The van der Waals surface area contributed by atoms with Crippen molar-refractivity contribution in [3.8, 4) is 0 Å². The summed E-state index contributed by atoms with van der Waals surface area (Å²) in [4.78, 5) is 0.329. The predicted octanol–water partition coefficient (Wildman–Crippen LogP) is 5.68. The maximum Gasteiger partial charge on any atom is 0.264 e. The van der Waals surface area contributed by atoms with Gasteiger partial charge in [0, 0.05) is 0 Å². The van der Waals surface area contributed by atoms with Crippen molar-refractivity contribution in [2.45, 2.75) is 37.6 Å². The van der Waals surface area contributed by atoms with Gasteiger partial charge in [0.1, 0.15) is 0 Å². The van der Waals surface area contributed by atoms with Gasteiger partial charge in [0.05, 0.1) is 16.6 Å². The maximum atomic E-state index is 13.8. The number of aryl methyl sites for hydroxylation is 1. The first-order valence-electron chi connectivity index (χ1n) is 9.66. The molecule has 0 saturated heterocycles. The molecule has 0 amide bonds. The molecule has 0 aliphatic carbocycles. The van der Waals surface area contributed by atoms with E-state index >= 15 is 0 Å². The second-order valence-corrected chi connectivity index (χ2v) is 9.49. The van der Waals surface area contributed by atoms with E-state index in [0.29, 0.717) is 4.90 Å². The van der Waals surface area contributed by atoms with Crippen LogP contribution in [0.2, 0.25) is 0 Å². The summed E-state index contributed by atoms with van der Waals surface area (Å²) < 4.78 is 29.3. The average Bonchev–Trinajstić information content (AvgIpc) is 2.71. The van der Waals surface area contributed by atoms with Crippen LogP contribution in [0.25, 0.3) is 0 Å². The third-order valence-electron chi connectivity index (χ3n) is 5.92. The van der Waals surface area contributed by atoms with Crippen molar-refractivity contribution in [2.75, 3.05) is 4.31 Å². The molecule has 1 aliphatic rings. The highest BCUT2D eigenvalue weighted by molar-refractivity contribution is 7.92. The highest BCUT2D eigenvalue weighted by atomic mass is 32.2. The molecule has 3 aromatic carbocycles. The molecular formula is C24H25NO2S. The maximum absolute atomic E-state index is 13.8. The summed E-state index contributed by atoms with van der Waals surface area (Å²) in [5.41, 5.74) is 3.92. The molecule has 1 aliphatic heterocycles. The van der Waals surface area contributed by atoms with E-state index in [0.717, 1.165) is 22.4 Å². The smallest absolute Gasteiger partial charge is 0.258 e. The van der Waals surface area contributed by atoms with Crippen LogP contribution in [0.1, 0.15) is 42.5 Å². The zero-order chi connectivity index (χ0) is 19.9. The molecule has 1 heterocycles. The fourth-order valence-corrected chi connectivity index (χ4v) is 5.93. The number of para-hydroxylation sites is 1. The summed E-state index contributed by atoms with van der Waals surface area (Å²) >= 11 is 0. The topological polar surface area (TPSA) is 37.4 Å². The number of nitrogens with zero attached hydrogens (tertiary/aromatic N) is 1. The summed E-state index contributed by atoms with van der Waals surface area (Å²) in [6.07, 6.45) is 0. The molecule has 0 bridgehead atoms. The van der Waals surface area contributed by atoms with Crippen LogP contribution < -0.4 is 4.31 Å². The van der Waals surface area contributed by atoms with Crippen molar-refractivity contribution in [1.82, 2.24) is 0 Å². The quantitative estimate of drug-likeness (QED) is 0.575. The molecular weight excluding hydrogens is 366 g/mol. The van der Waals surface area contributed by atoms with Gasteiger partial charge >= 0.3 is 0 Å². The number of rotatable bonds is 3. The molecule has 0 N–H and O–H groups in total. The SMILES string of the molecule is Cc1ccc(S(=O)(=O)N2c3ccccc3[C@@H](C)[C@H](C)[C@H]2c2ccccc2)cc1. The van der Waals surface area contributed by atoms with E-state index in [2.05, 4.69) is 19.9 Å². The Hall–Kier alpha value is -2.59. The van der Waals surface area contributed by atoms with Gasteiger partial charge in [-0.3, -0.25) is 4.31 Å². The second-order valence-electron chi connectivity index (χ2n) is 7.68. The monoisotopic (exact) mass is 391 g/mol. The molecule has 4 heteroatoms. The highest BCUT2D eigenvalue weighted by Gasteiger charge is 2.43. The van der Waals surface area contributed by atoms with E-state index in [1.54, 1.807) is 16.4 Å². The van der Waals surface area contributed by atoms with Crippen LogP contribution in [-0.4, -0.2) is 8.42 Å². The lowest BCUT2D eigenvalue weighted by Gasteiger charge is -2.45. The van der Waals surface area contributed by atoms with Gasteiger partial charge in [-0.05, 0) is 48.1 Å². The summed E-state index contributed by atoms with van der Waals surface area (Å²) in [5.74, 6) is 0.392. The van der Waals surface area contributed by atoms with Gasteiger partial charge in [-0.25, -0.2) is 8.42 Å². The first-order valence-corrected chi connectivity index (χ1v) is 11.1. The molecule has 0 spiro atoms. The Kier molecular flexibility index (Phi) is 4.76. The first kappa shape index (κ1) is 18.8. The van der Waals surface area contributed by atoms with Crippen LogP contribution in [0.15, 0.2) is 83.8 Å². The second kappa shape index (κ2) is 7.10. The summed E-state index contributed by atoms with van der Waals surface area (Å²) in [6, 6.07) is 24.7. The van der Waals surface area contributed by atoms with Crippen molar-refractivity contribution in [3.63, 3.8) is 0 Å². The van der Waals surface area contributed by atoms with Crippen LogP contribution in [-0.2, 0) is 10.0 Å². The summed E-state index contributed by atoms with van der Waals surface area (Å²) in [5, 5.41) is 0. The lowest BCUT2D eigenvalue weighted by Crippen LogP contribution is -2.43. The van der Waals surface area contributed by atoms with Crippen LogP contribution in [0.3, 0.4) is 0 Å². The Balaban J connectivity index is 1.96. The van der Waals surface area contributed by atoms with E-state index in [9.17, 15) is 8.42 Å². The normalized spacial score (nSPS) is 22.0. The molecule has 4 rings (SSSR count). The third-order valence-corrected chi connectivity index (χ3v) is 7.73. The molecule has 0 saturated carbocycles. The van der Waals surface area contributed by atoms with Crippen molar-refractivity contribution in [2.24, 2.45) is 5.92 Å². The number of hydrogen-bond donors (Lipinski definition) is 0. The molecule has 144 valence electrons. The molecule has 0 radical (unpaired) electrons. The molecule has 0 aromatic heterocycles. The Morgan fingerprint density at radius 2 is 1.39 bits per heavy atom. The fraction of sp³-hybridized carbons (Fsp3) is 0.250. The van der Waals surface area contributed by atoms with E-state index in [1.165, 1.54) is 0 Å². The van der Waals surface area contributed by atoms with Gasteiger partial charge in [-0.15, -0.1) is 0 Å². The summed E-state index contributed by atoms with van der Waals surface area (Å²) in [7, 11) is -3.71. The lowest BCUT2D eigenvalue weighted by atomic mass is 9.77. The first-order chi connectivity index (χ1) is 13.4. The molecule has 0 fully saturated rings. The Morgan fingerprint density at radius 3 is 2.07 bits per heavy atom. The Bertz CT molecular complexity index is 1080. The molecule has 3 atom stereocenters. The number of anilines is 1. The minimum Gasteiger partial charge on any atom is -0.258 e.